The summed E-state index contributed by atoms with van der Waals surface area (Å²) in [5.74, 6) is 2.78. The third-order valence-electron chi connectivity index (χ3n) is 7.62. The molecule has 4 bridgehead atoms. The molecule has 0 saturated heterocycles. The van der Waals surface area contributed by atoms with Gasteiger partial charge in [0.25, 0.3) is 0 Å². The Labute approximate surface area is 178 Å². The first-order valence-corrected chi connectivity index (χ1v) is 11.4. The molecule has 29 heavy (non-hydrogen) atoms. The minimum atomic E-state index is 0.162. The highest BCUT2D eigenvalue weighted by Gasteiger charge is 2.51. The van der Waals surface area contributed by atoms with Crippen LogP contribution in [0.25, 0.3) is 0 Å². The maximum atomic E-state index is 13.1. The molecule has 1 N–H and O–H groups in total. The van der Waals surface area contributed by atoms with Crippen LogP contribution in [0, 0.1) is 37.0 Å². The maximum Gasteiger partial charge on any atom is 0.225 e. The third kappa shape index (κ3) is 3.61. The van der Waals surface area contributed by atoms with Gasteiger partial charge < -0.3 is 5.32 Å². The first-order valence-electron chi connectivity index (χ1n) is 11.0. The first-order chi connectivity index (χ1) is 13.9. The van der Waals surface area contributed by atoms with Crippen LogP contribution in [-0.4, -0.2) is 15.7 Å². The molecule has 5 heteroatoms. The van der Waals surface area contributed by atoms with Gasteiger partial charge in [-0.3, -0.25) is 9.48 Å². The predicted octanol–water partition coefficient (Wildman–Crippen LogP) is 5.75. The van der Waals surface area contributed by atoms with Crippen LogP contribution in [0.15, 0.2) is 24.3 Å². The average molecular weight is 412 g/mol. The van der Waals surface area contributed by atoms with Crippen LogP contribution in [0.1, 0.15) is 61.9 Å². The van der Waals surface area contributed by atoms with Gasteiger partial charge >= 0.3 is 0 Å². The zero-order chi connectivity index (χ0) is 20.2. The van der Waals surface area contributed by atoms with E-state index < -0.39 is 0 Å². The molecule has 2 aromatic rings. The van der Waals surface area contributed by atoms with Crippen LogP contribution in [0.4, 0.5) is 5.69 Å². The zero-order valence-electron chi connectivity index (χ0n) is 17.4. The van der Waals surface area contributed by atoms with Gasteiger partial charge in [0.15, 0.2) is 0 Å². The van der Waals surface area contributed by atoms with Crippen molar-refractivity contribution in [3.63, 3.8) is 0 Å². The van der Waals surface area contributed by atoms with Gasteiger partial charge in [-0.25, -0.2) is 0 Å². The summed E-state index contributed by atoms with van der Waals surface area (Å²) in [6, 6.07) is 7.84. The fourth-order valence-electron chi connectivity index (χ4n) is 6.85. The Morgan fingerprint density at radius 1 is 1.14 bits per heavy atom. The normalized spacial score (nSPS) is 30.0. The van der Waals surface area contributed by atoms with Gasteiger partial charge in [0.2, 0.25) is 5.91 Å². The SMILES string of the molecule is Cc1nn(Cc2ccccc2Cl)c(C)c1NC(=O)CC12CC3CC(CC(C3)C1)C2. The Bertz CT molecular complexity index is 912. The van der Waals surface area contributed by atoms with Gasteiger partial charge in [-0.2, -0.15) is 5.10 Å². The summed E-state index contributed by atoms with van der Waals surface area (Å²) < 4.78 is 1.94. The van der Waals surface area contributed by atoms with E-state index in [1.54, 1.807) is 0 Å². The van der Waals surface area contributed by atoms with E-state index in [9.17, 15) is 4.79 Å². The summed E-state index contributed by atoms with van der Waals surface area (Å²) in [5.41, 5.74) is 4.02. The number of benzene rings is 1. The highest BCUT2D eigenvalue weighted by Crippen LogP contribution is 2.61. The number of rotatable bonds is 5. The number of aromatic nitrogens is 2. The van der Waals surface area contributed by atoms with E-state index in [-0.39, 0.29) is 11.3 Å². The predicted molar refractivity (Wildman–Crippen MR) is 116 cm³/mol. The molecule has 1 aromatic carbocycles. The monoisotopic (exact) mass is 411 g/mol. The summed E-state index contributed by atoms with van der Waals surface area (Å²) in [6.07, 6.45) is 8.68. The number of anilines is 1. The van der Waals surface area contributed by atoms with Gasteiger partial charge in [-0.15, -0.1) is 0 Å². The van der Waals surface area contributed by atoms with Gasteiger partial charge in [0, 0.05) is 11.4 Å². The Morgan fingerprint density at radius 2 is 1.76 bits per heavy atom. The van der Waals surface area contributed by atoms with Crippen molar-refractivity contribution in [2.45, 2.75) is 65.3 Å². The topological polar surface area (TPSA) is 46.9 Å². The fourth-order valence-corrected chi connectivity index (χ4v) is 7.05. The molecule has 1 heterocycles. The number of nitrogens with one attached hydrogen (secondary N) is 1. The standard InChI is InChI=1S/C24H30ClN3O/c1-15-23(16(2)28(27-15)14-20-5-3-4-6-21(20)25)26-22(29)13-24-10-17-7-18(11-24)9-19(8-17)12-24/h3-6,17-19H,7-14H2,1-2H3,(H,26,29). The summed E-state index contributed by atoms with van der Waals surface area (Å²) in [7, 11) is 0. The molecule has 4 saturated carbocycles. The lowest BCUT2D eigenvalue weighted by molar-refractivity contribution is -0.124. The Morgan fingerprint density at radius 3 is 2.38 bits per heavy atom. The number of aryl methyl sites for hydroxylation is 1. The Balaban J connectivity index is 1.30. The van der Waals surface area contributed by atoms with Crippen molar-refractivity contribution in [1.29, 1.82) is 0 Å². The highest BCUT2D eigenvalue weighted by molar-refractivity contribution is 6.31. The average Bonchev–Trinajstić information content (AvgIpc) is 2.89. The highest BCUT2D eigenvalue weighted by atomic mass is 35.5. The van der Waals surface area contributed by atoms with Crippen molar-refractivity contribution in [2.75, 3.05) is 5.32 Å². The van der Waals surface area contributed by atoms with Gasteiger partial charge in [0.05, 0.1) is 23.6 Å². The van der Waals surface area contributed by atoms with E-state index in [2.05, 4.69) is 10.4 Å². The lowest BCUT2D eigenvalue weighted by atomic mass is 9.49. The third-order valence-corrected chi connectivity index (χ3v) is 7.99. The number of hydrogen-bond acceptors (Lipinski definition) is 2. The maximum absolute atomic E-state index is 13.1. The molecule has 0 spiro atoms. The van der Waals surface area contributed by atoms with E-state index >= 15 is 0 Å². The summed E-state index contributed by atoms with van der Waals surface area (Å²) in [6.45, 7) is 4.60. The molecule has 0 radical (unpaired) electrons. The molecule has 0 aliphatic heterocycles. The number of amides is 1. The number of nitrogens with zero attached hydrogens (tertiary/aromatic N) is 2. The Hall–Kier alpha value is -1.81. The largest absolute Gasteiger partial charge is 0.323 e. The van der Waals surface area contributed by atoms with Gasteiger partial charge in [-0.1, -0.05) is 29.8 Å². The van der Waals surface area contributed by atoms with Crippen LogP contribution in [0.5, 0.6) is 0 Å². The van der Waals surface area contributed by atoms with Crippen molar-refractivity contribution in [1.82, 2.24) is 9.78 Å². The summed E-state index contributed by atoms with van der Waals surface area (Å²) >= 11 is 6.32. The summed E-state index contributed by atoms with van der Waals surface area (Å²) in [5, 5.41) is 8.63. The van der Waals surface area contributed by atoms with Gasteiger partial charge in [-0.05, 0) is 87.2 Å². The molecule has 4 nitrogen and oxygen atoms in total. The lowest BCUT2D eigenvalue weighted by Crippen LogP contribution is -2.47. The minimum Gasteiger partial charge on any atom is -0.323 e. The molecule has 0 unspecified atom stereocenters. The van der Waals surface area contributed by atoms with Crippen LogP contribution in [-0.2, 0) is 11.3 Å². The Kier molecular flexibility index (Phi) is 4.73. The molecular formula is C24H30ClN3O. The van der Waals surface area contributed by atoms with Crippen molar-refractivity contribution in [3.8, 4) is 0 Å². The second-order valence-electron chi connectivity index (χ2n) is 9.94. The molecule has 4 aliphatic rings. The second-order valence-corrected chi connectivity index (χ2v) is 10.3. The molecule has 154 valence electrons. The zero-order valence-corrected chi connectivity index (χ0v) is 18.1. The molecule has 0 atom stereocenters. The summed E-state index contributed by atoms with van der Waals surface area (Å²) in [4.78, 5) is 13.1. The lowest BCUT2D eigenvalue weighted by Gasteiger charge is -2.56. The fraction of sp³-hybridized carbons (Fsp3) is 0.583. The van der Waals surface area contributed by atoms with E-state index in [0.717, 1.165) is 45.4 Å². The number of hydrogen-bond donors (Lipinski definition) is 1. The van der Waals surface area contributed by atoms with Crippen molar-refractivity contribution in [2.24, 2.45) is 23.2 Å². The quantitative estimate of drug-likeness (QED) is 0.681. The molecule has 4 aliphatic carbocycles. The van der Waals surface area contributed by atoms with Crippen molar-refractivity contribution < 1.29 is 4.79 Å². The molecule has 1 amide bonds. The van der Waals surface area contributed by atoms with E-state index in [0.29, 0.717) is 13.0 Å². The number of carbonyl (C=O) groups excluding carboxylic acids is 1. The second kappa shape index (κ2) is 7.16. The van der Waals surface area contributed by atoms with E-state index in [1.807, 2.05) is 42.8 Å². The van der Waals surface area contributed by atoms with Crippen molar-refractivity contribution >= 4 is 23.2 Å². The van der Waals surface area contributed by atoms with Crippen molar-refractivity contribution in [3.05, 3.63) is 46.2 Å². The van der Waals surface area contributed by atoms with Crippen LogP contribution >= 0.6 is 11.6 Å². The molecular weight excluding hydrogens is 382 g/mol. The van der Waals surface area contributed by atoms with E-state index in [4.69, 9.17) is 11.6 Å². The number of halogens is 1. The van der Waals surface area contributed by atoms with E-state index in [1.165, 1.54) is 38.5 Å². The molecule has 4 fully saturated rings. The smallest absolute Gasteiger partial charge is 0.225 e. The molecule has 6 rings (SSSR count). The van der Waals surface area contributed by atoms with Crippen LogP contribution in [0.3, 0.4) is 0 Å². The first kappa shape index (κ1) is 19.2. The molecule has 1 aromatic heterocycles. The minimum absolute atomic E-state index is 0.162. The number of carbonyl (C=O) groups is 1. The van der Waals surface area contributed by atoms with Crippen LogP contribution in [0.2, 0.25) is 5.02 Å². The van der Waals surface area contributed by atoms with Crippen LogP contribution < -0.4 is 5.32 Å². The van der Waals surface area contributed by atoms with Gasteiger partial charge in [0.1, 0.15) is 0 Å².